The van der Waals surface area contributed by atoms with E-state index in [2.05, 4.69) is 26.0 Å². The van der Waals surface area contributed by atoms with Crippen molar-refractivity contribution in [2.75, 3.05) is 26.8 Å². The summed E-state index contributed by atoms with van der Waals surface area (Å²) in [5, 5.41) is 0. The number of ketones is 1. The molecule has 1 fully saturated rings. The summed E-state index contributed by atoms with van der Waals surface area (Å²) in [6.45, 7) is 7.13. The fraction of sp³-hybridized carbons (Fsp3) is 0.440. The maximum Gasteiger partial charge on any atom is 0.260 e. The third-order valence-electron chi connectivity index (χ3n) is 6.11. The lowest BCUT2D eigenvalue weighted by atomic mass is 9.89. The third-order valence-corrected chi connectivity index (χ3v) is 6.11. The van der Waals surface area contributed by atoms with Gasteiger partial charge in [0.2, 0.25) is 0 Å². The van der Waals surface area contributed by atoms with Gasteiger partial charge in [0, 0.05) is 13.0 Å². The Bertz CT molecular complexity index is 1010. The fourth-order valence-corrected chi connectivity index (χ4v) is 4.36. The Hall–Kier alpha value is -3.02. The molecular formula is C25H29NO5. The number of carbonyl (C=O) groups excluding carboxylic acids is 2. The molecule has 0 N–H and O–H groups in total. The average Bonchev–Trinajstić information content (AvgIpc) is 3.14. The van der Waals surface area contributed by atoms with E-state index >= 15 is 0 Å². The van der Waals surface area contributed by atoms with Gasteiger partial charge in [-0.05, 0) is 48.2 Å². The number of hydrogen-bond donors (Lipinski definition) is 0. The standard InChI is InChI=1S/C25H29NO5/c1-16(2)19-7-5-17(3)11-23(19)30-14-24(28)26-10-9-25(15-26)13-21(27)20-12-18(29-4)6-8-22(20)31-25/h5-8,11-12,16H,9-10,13-15H2,1-4H3. The number of rotatable bonds is 5. The minimum atomic E-state index is -0.666. The minimum Gasteiger partial charge on any atom is -0.497 e. The largest absolute Gasteiger partial charge is 0.497 e. The zero-order valence-corrected chi connectivity index (χ0v) is 18.6. The molecule has 0 aromatic heterocycles. The molecule has 0 radical (unpaired) electrons. The van der Waals surface area contributed by atoms with Crippen LogP contribution in [0.4, 0.5) is 0 Å². The van der Waals surface area contributed by atoms with Crippen LogP contribution in [0.25, 0.3) is 0 Å². The zero-order valence-electron chi connectivity index (χ0n) is 18.6. The van der Waals surface area contributed by atoms with Crippen LogP contribution in [0.3, 0.4) is 0 Å². The van der Waals surface area contributed by atoms with Gasteiger partial charge >= 0.3 is 0 Å². The van der Waals surface area contributed by atoms with Crippen LogP contribution in [0.5, 0.6) is 17.2 Å². The molecule has 31 heavy (non-hydrogen) atoms. The lowest BCUT2D eigenvalue weighted by Crippen LogP contribution is -2.45. The number of likely N-dealkylation sites (tertiary alicyclic amines) is 1. The van der Waals surface area contributed by atoms with Gasteiger partial charge in [-0.15, -0.1) is 0 Å². The van der Waals surface area contributed by atoms with E-state index in [0.29, 0.717) is 42.5 Å². The topological polar surface area (TPSA) is 65.1 Å². The number of amides is 1. The molecule has 1 unspecified atom stereocenters. The minimum absolute atomic E-state index is 0.0204. The average molecular weight is 424 g/mol. The second kappa shape index (κ2) is 8.25. The number of methoxy groups -OCH3 is 1. The predicted molar refractivity (Wildman–Crippen MR) is 117 cm³/mol. The van der Waals surface area contributed by atoms with Gasteiger partial charge in [0.1, 0.15) is 22.8 Å². The van der Waals surface area contributed by atoms with E-state index in [0.717, 1.165) is 16.9 Å². The number of carbonyl (C=O) groups is 2. The molecule has 0 bridgehead atoms. The van der Waals surface area contributed by atoms with Gasteiger partial charge in [0.05, 0.1) is 25.6 Å². The normalized spacial score (nSPS) is 20.0. The van der Waals surface area contributed by atoms with Crippen molar-refractivity contribution in [3.8, 4) is 17.2 Å². The smallest absolute Gasteiger partial charge is 0.260 e. The SMILES string of the molecule is COc1ccc2c(c1)C(=O)CC1(CCN(C(=O)COc3cc(C)ccc3C(C)C)C1)O2. The highest BCUT2D eigenvalue weighted by Gasteiger charge is 2.47. The molecule has 4 rings (SSSR count). The lowest BCUT2D eigenvalue weighted by Gasteiger charge is -2.34. The molecule has 0 saturated carbocycles. The van der Waals surface area contributed by atoms with E-state index in [1.807, 2.05) is 13.0 Å². The molecular weight excluding hydrogens is 394 g/mol. The predicted octanol–water partition coefficient (Wildman–Crippen LogP) is 4.14. The van der Waals surface area contributed by atoms with Crippen LogP contribution >= 0.6 is 0 Å². The Morgan fingerprint density at radius 3 is 2.77 bits per heavy atom. The number of hydrogen-bond acceptors (Lipinski definition) is 5. The maximum absolute atomic E-state index is 12.9. The van der Waals surface area contributed by atoms with Crippen LogP contribution in [0.15, 0.2) is 36.4 Å². The van der Waals surface area contributed by atoms with E-state index in [1.54, 1.807) is 30.2 Å². The second-order valence-electron chi connectivity index (χ2n) is 8.80. The molecule has 2 aliphatic heterocycles. The fourth-order valence-electron chi connectivity index (χ4n) is 4.36. The van der Waals surface area contributed by atoms with Gasteiger partial charge < -0.3 is 19.1 Å². The van der Waals surface area contributed by atoms with Gasteiger partial charge in [-0.2, -0.15) is 0 Å². The van der Waals surface area contributed by atoms with Crippen molar-refractivity contribution >= 4 is 11.7 Å². The Morgan fingerprint density at radius 1 is 1.23 bits per heavy atom. The van der Waals surface area contributed by atoms with Crippen molar-refractivity contribution in [1.29, 1.82) is 0 Å². The van der Waals surface area contributed by atoms with E-state index in [-0.39, 0.29) is 24.7 Å². The van der Waals surface area contributed by atoms with Crippen molar-refractivity contribution < 1.29 is 23.8 Å². The summed E-state index contributed by atoms with van der Waals surface area (Å²) in [6.07, 6.45) is 0.880. The molecule has 1 spiro atoms. The first-order valence-corrected chi connectivity index (χ1v) is 10.7. The van der Waals surface area contributed by atoms with E-state index in [4.69, 9.17) is 14.2 Å². The van der Waals surface area contributed by atoms with E-state index in [1.165, 1.54) is 0 Å². The van der Waals surface area contributed by atoms with E-state index < -0.39 is 5.60 Å². The van der Waals surface area contributed by atoms with Crippen LogP contribution in [0.2, 0.25) is 0 Å². The number of aryl methyl sites for hydroxylation is 1. The molecule has 1 amide bonds. The van der Waals surface area contributed by atoms with Gasteiger partial charge in [0.25, 0.3) is 5.91 Å². The lowest BCUT2D eigenvalue weighted by molar-refractivity contribution is -0.133. The number of ether oxygens (including phenoxy) is 3. The molecule has 1 saturated heterocycles. The molecule has 1 atom stereocenters. The highest BCUT2D eigenvalue weighted by molar-refractivity contribution is 6.01. The summed E-state index contributed by atoms with van der Waals surface area (Å²) >= 11 is 0. The summed E-state index contributed by atoms with van der Waals surface area (Å²) in [4.78, 5) is 27.4. The molecule has 6 nitrogen and oxygen atoms in total. The Kier molecular flexibility index (Phi) is 5.65. The highest BCUT2D eigenvalue weighted by Crippen LogP contribution is 2.40. The summed E-state index contributed by atoms with van der Waals surface area (Å²) in [5.41, 5.74) is 2.06. The molecule has 6 heteroatoms. The van der Waals surface area contributed by atoms with Crippen LogP contribution in [0, 0.1) is 6.92 Å². The number of Topliss-reactive ketones (excluding diaryl/α,β-unsaturated/α-hetero) is 1. The van der Waals surface area contributed by atoms with Crippen LogP contribution < -0.4 is 14.2 Å². The molecule has 2 heterocycles. The quantitative estimate of drug-likeness (QED) is 0.723. The second-order valence-corrected chi connectivity index (χ2v) is 8.80. The molecule has 2 aliphatic rings. The van der Waals surface area contributed by atoms with Crippen molar-refractivity contribution in [1.82, 2.24) is 4.90 Å². The Balaban J connectivity index is 1.43. The first kappa shape index (κ1) is 21.2. The first-order valence-electron chi connectivity index (χ1n) is 10.7. The van der Waals surface area contributed by atoms with Crippen LogP contribution in [-0.4, -0.2) is 49.0 Å². The summed E-state index contributed by atoms with van der Waals surface area (Å²) in [6, 6.07) is 11.3. The molecule has 2 aromatic carbocycles. The van der Waals surface area contributed by atoms with Crippen molar-refractivity contribution in [2.45, 2.75) is 45.1 Å². The zero-order chi connectivity index (χ0) is 22.2. The van der Waals surface area contributed by atoms with Crippen molar-refractivity contribution in [3.05, 3.63) is 53.1 Å². The Labute approximate surface area is 183 Å². The number of nitrogens with zero attached hydrogens (tertiary/aromatic N) is 1. The summed E-state index contributed by atoms with van der Waals surface area (Å²) in [5.74, 6) is 2.18. The Morgan fingerprint density at radius 2 is 2.03 bits per heavy atom. The van der Waals surface area contributed by atoms with E-state index in [9.17, 15) is 9.59 Å². The number of fused-ring (bicyclic) bond motifs is 1. The van der Waals surface area contributed by atoms with Gasteiger partial charge in [-0.1, -0.05) is 26.0 Å². The number of benzene rings is 2. The van der Waals surface area contributed by atoms with Gasteiger partial charge in [-0.3, -0.25) is 9.59 Å². The third kappa shape index (κ3) is 4.24. The summed E-state index contributed by atoms with van der Waals surface area (Å²) in [7, 11) is 1.57. The van der Waals surface area contributed by atoms with Crippen molar-refractivity contribution in [3.63, 3.8) is 0 Å². The molecule has 0 aliphatic carbocycles. The monoisotopic (exact) mass is 423 g/mol. The van der Waals surface area contributed by atoms with Gasteiger partial charge in [-0.25, -0.2) is 0 Å². The molecule has 2 aromatic rings. The van der Waals surface area contributed by atoms with Gasteiger partial charge in [0.15, 0.2) is 12.4 Å². The van der Waals surface area contributed by atoms with Crippen molar-refractivity contribution in [2.24, 2.45) is 0 Å². The van der Waals surface area contributed by atoms with Crippen LogP contribution in [-0.2, 0) is 4.79 Å². The summed E-state index contributed by atoms with van der Waals surface area (Å²) < 4.78 is 17.4. The molecule has 164 valence electrons. The first-order chi connectivity index (χ1) is 14.8. The maximum atomic E-state index is 12.9. The van der Waals surface area contributed by atoms with Crippen LogP contribution in [0.1, 0.15) is 54.1 Å². The highest BCUT2D eigenvalue weighted by atomic mass is 16.5.